The molecule has 0 spiro atoms. The molecule has 0 fully saturated rings. The lowest BCUT2D eigenvalue weighted by molar-refractivity contribution is 0.795. The van der Waals surface area contributed by atoms with Gasteiger partial charge in [-0.3, -0.25) is 4.98 Å². The quantitative estimate of drug-likeness (QED) is 0.795. The Balaban J connectivity index is 1.91. The fraction of sp³-hybridized carbons (Fsp3) is 0.188. The van der Waals surface area contributed by atoms with Gasteiger partial charge in [0.25, 0.3) is 0 Å². The Kier molecular flexibility index (Phi) is 3.80. The number of rotatable bonds is 4. The molecule has 0 bridgehead atoms. The lowest BCUT2D eigenvalue weighted by Gasteiger charge is -2.14. The number of para-hydroxylation sites is 1. The zero-order valence-corrected chi connectivity index (χ0v) is 12.4. The number of thiazole rings is 1. The van der Waals surface area contributed by atoms with Crippen LogP contribution in [0.1, 0.15) is 23.4 Å². The number of hydrogen-bond acceptors (Lipinski definition) is 5. The van der Waals surface area contributed by atoms with Crippen LogP contribution in [-0.2, 0) is 0 Å². The predicted octanol–water partition coefficient (Wildman–Crippen LogP) is 3.78. The number of pyridine rings is 1. The molecule has 2 heterocycles. The summed E-state index contributed by atoms with van der Waals surface area (Å²) in [6.45, 7) is 2.86. The minimum absolute atomic E-state index is 0.295. The van der Waals surface area contributed by atoms with Crippen LogP contribution in [-0.4, -0.2) is 16.5 Å². The van der Waals surface area contributed by atoms with Crippen molar-refractivity contribution >= 4 is 27.9 Å². The molecule has 1 aromatic carbocycles. The molecule has 5 heteroatoms. The average molecular weight is 294 g/mol. The summed E-state index contributed by atoms with van der Waals surface area (Å²) in [5, 5.41) is 16.7. The predicted molar refractivity (Wildman–Crippen MR) is 85.5 cm³/mol. The maximum absolute atomic E-state index is 9.29. The summed E-state index contributed by atoms with van der Waals surface area (Å²) in [6.07, 6.45) is 3.44. The number of aromatic nitrogens is 2. The van der Waals surface area contributed by atoms with Crippen LogP contribution < -0.4 is 5.32 Å². The lowest BCUT2D eigenvalue weighted by Crippen LogP contribution is -2.11. The molecule has 104 valence electrons. The molecule has 3 rings (SSSR count). The van der Waals surface area contributed by atoms with Gasteiger partial charge in [-0.15, -0.1) is 11.3 Å². The van der Waals surface area contributed by atoms with E-state index in [1.54, 1.807) is 17.5 Å². The van der Waals surface area contributed by atoms with Crippen molar-refractivity contribution in [3.05, 3.63) is 52.6 Å². The molecule has 0 amide bonds. The molecule has 0 aliphatic heterocycles. The van der Waals surface area contributed by atoms with Crippen molar-refractivity contribution in [3.63, 3.8) is 0 Å². The van der Waals surface area contributed by atoms with E-state index in [1.165, 1.54) is 0 Å². The summed E-state index contributed by atoms with van der Waals surface area (Å²) >= 11 is 1.65. The maximum atomic E-state index is 9.29. The summed E-state index contributed by atoms with van der Waals surface area (Å²) < 4.78 is 0. The van der Waals surface area contributed by atoms with E-state index in [9.17, 15) is 5.26 Å². The second kappa shape index (κ2) is 5.90. The van der Waals surface area contributed by atoms with Crippen LogP contribution >= 0.6 is 11.3 Å². The third-order valence-electron chi connectivity index (χ3n) is 3.35. The molecule has 0 aliphatic rings. The van der Waals surface area contributed by atoms with Crippen molar-refractivity contribution in [2.45, 2.75) is 12.8 Å². The summed E-state index contributed by atoms with van der Waals surface area (Å²) in [4.78, 5) is 8.65. The first-order valence-electron chi connectivity index (χ1n) is 6.70. The van der Waals surface area contributed by atoms with Gasteiger partial charge in [-0.25, -0.2) is 4.98 Å². The van der Waals surface area contributed by atoms with Crippen molar-refractivity contribution in [2.75, 3.05) is 11.9 Å². The van der Waals surface area contributed by atoms with Crippen LogP contribution in [0.2, 0.25) is 0 Å². The van der Waals surface area contributed by atoms with E-state index >= 15 is 0 Å². The van der Waals surface area contributed by atoms with E-state index in [0.29, 0.717) is 11.5 Å². The summed E-state index contributed by atoms with van der Waals surface area (Å²) in [5.74, 6) is 0.295. The van der Waals surface area contributed by atoms with Gasteiger partial charge >= 0.3 is 0 Å². The zero-order valence-electron chi connectivity index (χ0n) is 11.6. The third-order valence-corrected chi connectivity index (χ3v) is 4.36. The largest absolute Gasteiger partial charge is 0.383 e. The Morgan fingerprint density at radius 3 is 2.95 bits per heavy atom. The van der Waals surface area contributed by atoms with Crippen LogP contribution in [0.3, 0.4) is 0 Å². The summed E-state index contributed by atoms with van der Waals surface area (Å²) in [6, 6.07) is 10.1. The van der Waals surface area contributed by atoms with Crippen LogP contribution in [0.5, 0.6) is 0 Å². The van der Waals surface area contributed by atoms with Gasteiger partial charge in [0.15, 0.2) is 0 Å². The fourth-order valence-electron chi connectivity index (χ4n) is 2.24. The average Bonchev–Trinajstić information content (AvgIpc) is 3.06. The molecule has 0 aliphatic carbocycles. The summed E-state index contributed by atoms with van der Waals surface area (Å²) in [7, 11) is 0. The Morgan fingerprint density at radius 1 is 1.33 bits per heavy atom. The van der Waals surface area contributed by atoms with Crippen LogP contribution in [0.4, 0.5) is 5.69 Å². The Morgan fingerprint density at radius 2 is 2.19 bits per heavy atom. The number of benzene rings is 1. The van der Waals surface area contributed by atoms with Gasteiger partial charge in [-0.2, -0.15) is 5.26 Å². The molecule has 0 saturated carbocycles. The van der Waals surface area contributed by atoms with E-state index in [1.807, 2.05) is 35.8 Å². The van der Waals surface area contributed by atoms with E-state index < -0.39 is 0 Å². The van der Waals surface area contributed by atoms with Gasteiger partial charge in [0.05, 0.1) is 21.8 Å². The number of nitrogens with zero attached hydrogens (tertiary/aromatic N) is 3. The minimum Gasteiger partial charge on any atom is -0.383 e. The van der Waals surface area contributed by atoms with Crippen molar-refractivity contribution in [1.29, 1.82) is 5.26 Å². The van der Waals surface area contributed by atoms with Crippen molar-refractivity contribution in [3.8, 4) is 6.07 Å². The summed E-state index contributed by atoms with van der Waals surface area (Å²) in [5.41, 5.74) is 2.31. The first-order valence-corrected chi connectivity index (χ1v) is 7.58. The zero-order chi connectivity index (χ0) is 14.7. The molecule has 3 aromatic rings. The highest BCUT2D eigenvalue weighted by Crippen LogP contribution is 2.26. The normalized spacial score (nSPS) is 12.0. The number of hydrogen-bond donors (Lipinski definition) is 1. The van der Waals surface area contributed by atoms with Gasteiger partial charge in [-0.05, 0) is 6.07 Å². The second-order valence-electron chi connectivity index (χ2n) is 4.83. The van der Waals surface area contributed by atoms with Gasteiger partial charge in [-0.1, -0.05) is 25.1 Å². The Labute approximate surface area is 127 Å². The Hall–Kier alpha value is -2.45. The SMILES string of the molecule is CC(CNc1c(C#N)cnc2ccccc12)c1nccs1. The highest BCUT2D eigenvalue weighted by atomic mass is 32.1. The molecule has 4 nitrogen and oxygen atoms in total. The van der Waals surface area contributed by atoms with Crippen molar-refractivity contribution in [1.82, 2.24) is 9.97 Å². The van der Waals surface area contributed by atoms with Crippen molar-refractivity contribution in [2.24, 2.45) is 0 Å². The third kappa shape index (κ3) is 2.71. The molecule has 21 heavy (non-hydrogen) atoms. The smallest absolute Gasteiger partial charge is 0.103 e. The van der Waals surface area contributed by atoms with Crippen LogP contribution in [0.15, 0.2) is 42.0 Å². The molecule has 0 saturated heterocycles. The maximum Gasteiger partial charge on any atom is 0.103 e. The Bertz CT molecular complexity index is 790. The van der Waals surface area contributed by atoms with Crippen molar-refractivity contribution < 1.29 is 0 Å². The van der Waals surface area contributed by atoms with Crippen LogP contribution in [0, 0.1) is 11.3 Å². The van der Waals surface area contributed by atoms with Crippen LogP contribution in [0.25, 0.3) is 10.9 Å². The molecular weight excluding hydrogens is 280 g/mol. The molecule has 2 aromatic heterocycles. The highest BCUT2D eigenvalue weighted by Gasteiger charge is 2.12. The number of anilines is 1. The van der Waals surface area contributed by atoms with E-state index in [4.69, 9.17) is 0 Å². The number of nitriles is 1. The standard InChI is InChI=1S/C16H14N4S/c1-11(16-18-6-7-21-16)9-20-15-12(8-17)10-19-14-5-3-2-4-13(14)15/h2-7,10-11H,9H2,1H3,(H,19,20). The van der Waals surface area contributed by atoms with Gasteiger partial charge in [0, 0.05) is 35.6 Å². The first kappa shape index (κ1) is 13.5. The second-order valence-corrected chi connectivity index (χ2v) is 5.75. The van der Waals surface area contributed by atoms with E-state index in [2.05, 4.69) is 28.3 Å². The number of fused-ring (bicyclic) bond motifs is 1. The molecule has 0 radical (unpaired) electrons. The lowest BCUT2D eigenvalue weighted by atomic mass is 10.1. The van der Waals surface area contributed by atoms with E-state index in [0.717, 1.165) is 28.1 Å². The van der Waals surface area contributed by atoms with E-state index in [-0.39, 0.29) is 0 Å². The minimum atomic E-state index is 0.295. The molecule has 1 atom stereocenters. The number of nitrogens with one attached hydrogen (secondary N) is 1. The fourth-order valence-corrected chi connectivity index (χ4v) is 2.94. The first-order chi connectivity index (χ1) is 10.3. The van der Waals surface area contributed by atoms with Gasteiger partial charge in [0.1, 0.15) is 6.07 Å². The van der Waals surface area contributed by atoms with Gasteiger partial charge in [0.2, 0.25) is 0 Å². The molecule has 1 unspecified atom stereocenters. The van der Waals surface area contributed by atoms with Gasteiger partial charge < -0.3 is 5.32 Å². The monoisotopic (exact) mass is 294 g/mol. The highest BCUT2D eigenvalue weighted by molar-refractivity contribution is 7.09. The molecule has 1 N–H and O–H groups in total. The topological polar surface area (TPSA) is 61.6 Å². The molecular formula is C16H14N4S.